The summed E-state index contributed by atoms with van der Waals surface area (Å²) in [6, 6.07) is 15.4. The number of furan rings is 1. The highest BCUT2D eigenvalue weighted by Gasteiger charge is 2.08. The van der Waals surface area contributed by atoms with E-state index < -0.39 is 6.03 Å². The molecule has 0 aliphatic heterocycles. The maximum atomic E-state index is 12.8. The van der Waals surface area contributed by atoms with Crippen LogP contribution in [0.4, 0.5) is 20.6 Å². The molecule has 3 N–H and O–H groups in total. The van der Waals surface area contributed by atoms with E-state index in [9.17, 15) is 14.0 Å². The number of halogens is 1. The number of rotatable bonds is 5. The molecule has 2 aromatic carbocycles. The van der Waals surface area contributed by atoms with Gasteiger partial charge in [0.15, 0.2) is 5.76 Å². The van der Waals surface area contributed by atoms with Gasteiger partial charge >= 0.3 is 6.03 Å². The third-order valence-corrected chi connectivity index (χ3v) is 3.51. The zero-order valence-electron chi connectivity index (χ0n) is 13.7. The number of carbonyl (C=O) groups is 2. The molecule has 3 rings (SSSR count). The summed E-state index contributed by atoms with van der Waals surface area (Å²) in [6.07, 6.45) is 1.43. The first-order valence-corrected chi connectivity index (χ1v) is 7.84. The lowest BCUT2D eigenvalue weighted by atomic mass is 10.2. The lowest BCUT2D eigenvalue weighted by molar-refractivity contribution is 0.0996. The summed E-state index contributed by atoms with van der Waals surface area (Å²) in [5.41, 5.74) is 1.97. The average Bonchev–Trinajstić information content (AvgIpc) is 3.18. The normalized spacial score (nSPS) is 10.2. The van der Waals surface area contributed by atoms with Gasteiger partial charge in [-0.3, -0.25) is 4.79 Å². The van der Waals surface area contributed by atoms with Crippen molar-refractivity contribution in [1.29, 1.82) is 0 Å². The van der Waals surface area contributed by atoms with Crippen molar-refractivity contribution in [2.24, 2.45) is 0 Å². The van der Waals surface area contributed by atoms with Gasteiger partial charge in [0.2, 0.25) is 0 Å². The predicted octanol–water partition coefficient (Wildman–Crippen LogP) is 3.99. The average molecular weight is 353 g/mol. The van der Waals surface area contributed by atoms with E-state index in [0.717, 1.165) is 5.56 Å². The maximum Gasteiger partial charge on any atom is 0.319 e. The fourth-order valence-electron chi connectivity index (χ4n) is 2.20. The van der Waals surface area contributed by atoms with Crippen LogP contribution in [0.15, 0.2) is 71.3 Å². The highest BCUT2D eigenvalue weighted by molar-refractivity contribution is 6.02. The van der Waals surface area contributed by atoms with Crippen LogP contribution >= 0.6 is 0 Å². The van der Waals surface area contributed by atoms with Crippen LogP contribution in [0.25, 0.3) is 0 Å². The number of nitrogens with one attached hydrogen (secondary N) is 3. The van der Waals surface area contributed by atoms with Crippen molar-refractivity contribution in [2.45, 2.75) is 6.54 Å². The van der Waals surface area contributed by atoms with E-state index in [1.807, 2.05) is 0 Å². The number of benzene rings is 2. The van der Waals surface area contributed by atoms with E-state index in [-0.39, 0.29) is 17.5 Å². The number of hydrogen-bond acceptors (Lipinski definition) is 3. The van der Waals surface area contributed by atoms with Gasteiger partial charge in [-0.1, -0.05) is 12.1 Å². The van der Waals surface area contributed by atoms with Crippen molar-refractivity contribution in [3.05, 3.63) is 84.1 Å². The van der Waals surface area contributed by atoms with Crippen molar-refractivity contribution in [3.63, 3.8) is 0 Å². The Morgan fingerprint density at radius 3 is 2.19 bits per heavy atom. The van der Waals surface area contributed by atoms with E-state index in [0.29, 0.717) is 17.9 Å². The fraction of sp³-hybridized carbons (Fsp3) is 0.0526. The summed E-state index contributed by atoms with van der Waals surface area (Å²) in [5, 5.41) is 8.02. The minimum Gasteiger partial charge on any atom is -0.459 e. The van der Waals surface area contributed by atoms with Crippen molar-refractivity contribution in [2.75, 3.05) is 10.6 Å². The lowest BCUT2D eigenvalue weighted by Gasteiger charge is -2.09. The molecule has 1 heterocycles. The fourth-order valence-corrected chi connectivity index (χ4v) is 2.20. The van der Waals surface area contributed by atoms with Crippen molar-refractivity contribution >= 4 is 23.3 Å². The topological polar surface area (TPSA) is 83.4 Å². The standard InChI is InChI=1S/C19H16FN3O3/c20-14-5-9-16(10-6-14)23-19(25)21-12-13-3-7-15(8-4-13)22-18(24)17-2-1-11-26-17/h1-11H,12H2,(H,22,24)(H2,21,23,25). The first-order chi connectivity index (χ1) is 12.6. The third kappa shape index (κ3) is 4.70. The molecule has 0 saturated carbocycles. The molecule has 0 saturated heterocycles. The second-order valence-corrected chi connectivity index (χ2v) is 5.44. The molecule has 3 aromatic rings. The van der Waals surface area contributed by atoms with E-state index in [1.54, 1.807) is 36.4 Å². The molecule has 3 amide bonds. The molecule has 26 heavy (non-hydrogen) atoms. The Kier molecular flexibility index (Phi) is 5.28. The molecule has 132 valence electrons. The number of anilines is 2. The number of urea groups is 1. The van der Waals surface area contributed by atoms with Crippen LogP contribution in [0.1, 0.15) is 16.1 Å². The molecular weight excluding hydrogens is 337 g/mol. The summed E-state index contributed by atoms with van der Waals surface area (Å²) in [5.74, 6) is -0.469. The first kappa shape index (κ1) is 17.2. The van der Waals surface area contributed by atoms with Gasteiger partial charge in [-0.2, -0.15) is 0 Å². The highest BCUT2D eigenvalue weighted by atomic mass is 19.1. The smallest absolute Gasteiger partial charge is 0.319 e. The molecule has 1 aromatic heterocycles. The number of hydrogen-bond donors (Lipinski definition) is 3. The second kappa shape index (κ2) is 7.98. The molecule has 0 atom stereocenters. The largest absolute Gasteiger partial charge is 0.459 e. The van der Waals surface area contributed by atoms with Gasteiger partial charge in [0.05, 0.1) is 6.26 Å². The molecule has 0 fully saturated rings. The lowest BCUT2D eigenvalue weighted by Crippen LogP contribution is -2.28. The molecule has 0 bridgehead atoms. The summed E-state index contributed by atoms with van der Waals surface area (Å²) in [7, 11) is 0. The van der Waals surface area contributed by atoms with Crippen LogP contribution in [0.3, 0.4) is 0 Å². The van der Waals surface area contributed by atoms with Gasteiger partial charge in [-0.05, 0) is 54.1 Å². The first-order valence-electron chi connectivity index (χ1n) is 7.84. The molecule has 0 aliphatic carbocycles. The van der Waals surface area contributed by atoms with Gasteiger partial charge < -0.3 is 20.4 Å². The molecule has 6 nitrogen and oxygen atoms in total. The predicted molar refractivity (Wildman–Crippen MR) is 95.4 cm³/mol. The molecule has 0 spiro atoms. The monoisotopic (exact) mass is 353 g/mol. The van der Waals surface area contributed by atoms with E-state index in [2.05, 4.69) is 16.0 Å². The SMILES string of the molecule is O=C(NCc1ccc(NC(=O)c2ccco2)cc1)Nc1ccc(F)cc1. The highest BCUT2D eigenvalue weighted by Crippen LogP contribution is 2.12. The zero-order chi connectivity index (χ0) is 18.4. The summed E-state index contributed by atoms with van der Waals surface area (Å²) < 4.78 is 17.8. The zero-order valence-corrected chi connectivity index (χ0v) is 13.7. The van der Waals surface area contributed by atoms with Crippen molar-refractivity contribution in [3.8, 4) is 0 Å². The Balaban J connectivity index is 1.48. The van der Waals surface area contributed by atoms with Crippen LogP contribution in [-0.2, 0) is 6.54 Å². The second-order valence-electron chi connectivity index (χ2n) is 5.44. The Morgan fingerprint density at radius 1 is 0.885 bits per heavy atom. The van der Waals surface area contributed by atoms with Gasteiger partial charge in [0.1, 0.15) is 5.82 Å². The van der Waals surface area contributed by atoms with Gasteiger partial charge in [0.25, 0.3) is 5.91 Å². The van der Waals surface area contributed by atoms with Crippen LogP contribution < -0.4 is 16.0 Å². The summed E-state index contributed by atoms with van der Waals surface area (Å²) in [4.78, 5) is 23.7. The van der Waals surface area contributed by atoms with E-state index in [1.165, 1.54) is 30.5 Å². The molecule has 0 unspecified atom stereocenters. The summed E-state index contributed by atoms with van der Waals surface area (Å²) >= 11 is 0. The minimum atomic E-state index is -0.396. The molecule has 0 aliphatic rings. The Bertz CT molecular complexity index is 875. The van der Waals surface area contributed by atoms with Crippen molar-refractivity contribution < 1.29 is 18.4 Å². The number of carbonyl (C=O) groups excluding carboxylic acids is 2. The molecular formula is C19H16FN3O3. The van der Waals surface area contributed by atoms with Crippen LogP contribution in [-0.4, -0.2) is 11.9 Å². The minimum absolute atomic E-state index is 0.230. The third-order valence-electron chi connectivity index (χ3n) is 3.51. The van der Waals surface area contributed by atoms with Gasteiger partial charge in [-0.25, -0.2) is 9.18 Å². The van der Waals surface area contributed by atoms with E-state index >= 15 is 0 Å². The van der Waals surface area contributed by atoms with Crippen LogP contribution in [0.2, 0.25) is 0 Å². The van der Waals surface area contributed by atoms with Gasteiger partial charge in [-0.15, -0.1) is 0 Å². The van der Waals surface area contributed by atoms with Gasteiger partial charge in [0, 0.05) is 17.9 Å². The maximum absolute atomic E-state index is 12.8. The summed E-state index contributed by atoms with van der Waals surface area (Å²) in [6.45, 7) is 0.305. The van der Waals surface area contributed by atoms with Crippen LogP contribution in [0, 0.1) is 5.82 Å². The van der Waals surface area contributed by atoms with E-state index in [4.69, 9.17) is 4.42 Å². The van der Waals surface area contributed by atoms with Crippen LogP contribution in [0.5, 0.6) is 0 Å². The Labute approximate surface area is 149 Å². The van der Waals surface area contributed by atoms with Crippen molar-refractivity contribution in [1.82, 2.24) is 5.32 Å². The Hall–Kier alpha value is -3.61. The number of amides is 3. The molecule has 0 radical (unpaired) electrons. The quantitative estimate of drug-likeness (QED) is 0.648. The Morgan fingerprint density at radius 2 is 1.54 bits per heavy atom. The molecule has 7 heteroatoms.